The first-order chi connectivity index (χ1) is 10.1. The first-order valence-corrected chi connectivity index (χ1v) is 8.74. The van der Waals surface area contributed by atoms with E-state index in [2.05, 4.69) is 15.0 Å². The maximum atomic E-state index is 12.5. The topological polar surface area (TPSA) is 75.5 Å². The molecule has 0 radical (unpaired) electrons. The predicted octanol–water partition coefficient (Wildman–Crippen LogP) is 1.84. The summed E-state index contributed by atoms with van der Waals surface area (Å²) < 4.78 is 29.3. The van der Waals surface area contributed by atoms with Gasteiger partial charge in [-0.1, -0.05) is 18.9 Å². The zero-order chi connectivity index (χ0) is 14.9. The standard InChI is InChI=1S/C14H20N4O2S/c1-15-13-14(18-10-3-2-6-12(18)17-13)21(19,20)16-9-4-5-11-7-8-11/h2-3,6,10-11,15-16H,4-5,7-9H2,1H3. The molecule has 21 heavy (non-hydrogen) atoms. The molecule has 2 aromatic heterocycles. The van der Waals surface area contributed by atoms with Gasteiger partial charge in [0, 0.05) is 19.8 Å². The van der Waals surface area contributed by atoms with E-state index in [0.717, 1.165) is 18.8 Å². The number of aromatic nitrogens is 2. The highest BCUT2D eigenvalue weighted by Gasteiger charge is 2.25. The number of sulfonamides is 1. The molecule has 0 aliphatic heterocycles. The number of fused-ring (bicyclic) bond motifs is 1. The van der Waals surface area contributed by atoms with Crippen LogP contribution in [0.3, 0.4) is 0 Å². The Kier molecular flexibility index (Phi) is 3.86. The second kappa shape index (κ2) is 5.65. The maximum Gasteiger partial charge on any atom is 0.260 e. The smallest absolute Gasteiger partial charge is 0.260 e. The van der Waals surface area contributed by atoms with E-state index in [4.69, 9.17) is 0 Å². The van der Waals surface area contributed by atoms with E-state index in [1.165, 1.54) is 12.8 Å². The van der Waals surface area contributed by atoms with Gasteiger partial charge in [0.25, 0.3) is 10.0 Å². The molecule has 0 spiro atoms. The molecule has 2 N–H and O–H groups in total. The van der Waals surface area contributed by atoms with Gasteiger partial charge in [0.1, 0.15) is 5.65 Å². The summed E-state index contributed by atoms with van der Waals surface area (Å²) in [5.41, 5.74) is 0.611. The molecule has 0 amide bonds. The van der Waals surface area contributed by atoms with E-state index in [9.17, 15) is 8.42 Å². The Labute approximate surface area is 124 Å². The number of anilines is 1. The minimum atomic E-state index is -3.58. The summed E-state index contributed by atoms with van der Waals surface area (Å²) >= 11 is 0. The molecule has 3 rings (SSSR count). The third-order valence-corrected chi connectivity index (χ3v) is 5.24. The van der Waals surface area contributed by atoms with Gasteiger partial charge in [-0.3, -0.25) is 4.40 Å². The van der Waals surface area contributed by atoms with Crippen LogP contribution >= 0.6 is 0 Å². The van der Waals surface area contributed by atoms with E-state index in [0.29, 0.717) is 18.0 Å². The van der Waals surface area contributed by atoms with Crippen LogP contribution in [0.15, 0.2) is 29.4 Å². The molecule has 0 unspecified atom stereocenters. The van der Waals surface area contributed by atoms with E-state index in [1.54, 1.807) is 29.8 Å². The summed E-state index contributed by atoms with van der Waals surface area (Å²) in [6.45, 7) is 0.474. The molecular formula is C14H20N4O2S. The molecule has 7 heteroatoms. The summed E-state index contributed by atoms with van der Waals surface area (Å²) in [6.07, 6.45) is 6.29. The lowest BCUT2D eigenvalue weighted by Crippen LogP contribution is -2.26. The van der Waals surface area contributed by atoms with Gasteiger partial charge in [-0.05, 0) is 30.9 Å². The average molecular weight is 308 g/mol. The Morgan fingerprint density at radius 1 is 1.38 bits per heavy atom. The zero-order valence-electron chi connectivity index (χ0n) is 12.0. The summed E-state index contributed by atoms with van der Waals surface area (Å²) in [4.78, 5) is 4.30. The van der Waals surface area contributed by atoms with E-state index in [-0.39, 0.29) is 5.03 Å². The first-order valence-electron chi connectivity index (χ1n) is 7.26. The van der Waals surface area contributed by atoms with E-state index < -0.39 is 10.0 Å². The Bertz CT molecular complexity index is 735. The van der Waals surface area contributed by atoms with Crippen molar-refractivity contribution in [1.82, 2.24) is 14.1 Å². The van der Waals surface area contributed by atoms with Crippen LogP contribution < -0.4 is 10.0 Å². The normalized spacial score (nSPS) is 15.5. The third kappa shape index (κ3) is 3.03. The Balaban J connectivity index is 1.82. The largest absolute Gasteiger partial charge is 0.371 e. The van der Waals surface area contributed by atoms with Gasteiger partial charge >= 0.3 is 0 Å². The van der Waals surface area contributed by atoms with Crippen molar-refractivity contribution in [2.45, 2.75) is 30.7 Å². The molecule has 1 aliphatic rings. The maximum absolute atomic E-state index is 12.5. The molecule has 0 saturated heterocycles. The number of imidazole rings is 1. The fourth-order valence-corrected chi connectivity index (χ4v) is 3.83. The van der Waals surface area contributed by atoms with Gasteiger partial charge in [0.05, 0.1) is 0 Å². The van der Waals surface area contributed by atoms with Crippen molar-refractivity contribution in [2.75, 3.05) is 18.9 Å². The Hall–Kier alpha value is -1.60. The van der Waals surface area contributed by atoms with Crippen molar-refractivity contribution < 1.29 is 8.42 Å². The quantitative estimate of drug-likeness (QED) is 0.765. The van der Waals surface area contributed by atoms with Crippen LogP contribution in [0.4, 0.5) is 5.82 Å². The molecule has 6 nitrogen and oxygen atoms in total. The predicted molar refractivity (Wildman–Crippen MR) is 81.9 cm³/mol. The molecule has 1 aliphatic carbocycles. The number of nitrogens with one attached hydrogen (secondary N) is 2. The Morgan fingerprint density at radius 3 is 2.90 bits per heavy atom. The lowest BCUT2D eigenvalue weighted by molar-refractivity contribution is 0.568. The van der Waals surface area contributed by atoms with Crippen LogP contribution in [0.25, 0.3) is 5.65 Å². The number of hydrogen-bond acceptors (Lipinski definition) is 4. The molecule has 0 aromatic carbocycles. The van der Waals surface area contributed by atoms with Crippen LogP contribution in [0.2, 0.25) is 0 Å². The highest BCUT2D eigenvalue weighted by atomic mass is 32.2. The van der Waals surface area contributed by atoms with Crippen LogP contribution in [0.1, 0.15) is 25.7 Å². The average Bonchev–Trinajstić information content (AvgIpc) is 3.21. The molecule has 2 aromatic rings. The molecule has 2 heterocycles. The number of hydrogen-bond donors (Lipinski definition) is 2. The van der Waals surface area contributed by atoms with Crippen molar-refractivity contribution in [3.63, 3.8) is 0 Å². The summed E-state index contributed by atoms with van der Waals surface area (Å²) in [6, 6.07) is 5.41. The summed E-state index contributed by atoms with van der Waals surface area (Å²) in [7, 11) is -1.90. The first kappa shape index (κ1) is 14.3. The van der Waals surface area contributed by atoms with Gasteiger partial charge in [0.2, 0.25) is 0 Å². The fourth-order valence-electron chi connectivity index (χ4n) is 2.47. The SMILES string of the molecule is CNc1nc2ccccn2c1S(=O)(=O)NCCCC1CC1. The Morgan fingerprint density at radius 2 is 2.19 bits per heavy atom. The molecule has 1 fully saturated rings. The number of pyridine rings is 1. The molecule has 0 bridgehead atoms. The number of rotatable bonds is 7. The third-order valence-electron chi connectivity index (χ3n) is 3.76. The monoisotopic (exact) mass is 308 g/mol. The number of nitrogens with zero attached hydrogens (tertiary/aromatic N) is 2. The van der Waals surface area contributed by atoms with E-state index >= 15 is 0 Å². The van der Waals surface area contributed by atoms with Crippen molar-refractivity contribution in [3.05, 3.63) is 24.4 Å². The van der Waals surface area contributed by atoms with Gasteiger partial charge in [-0.15, -0.1) is 0 Å². The van der Waals surface area contributed by atoms with Crippen LogP contribution in [-0.2, 0) is 10.0 Å². The molecule has 114 valence electrons. The molecular weight excluding hydrogens is 288 g/mol. The highest BCUT2D eigenvalue weighted by Crippen LogP contribution is 2.33. The summed E-state index contributed by atoms with van der Waals surface area (Å²) in [5, 5.41) is 3.03. The van der Waals surface area contributed by atoms with Gasteiger partial charge in [0.15, 0.2) is 10.8 Å². The fraction of sp³-hybridized carbons (Fsp3) is 0.500. The minimum Gasteiger partial charge on any atom is -0.371 e. The summed E-state index contributed by atoms with van der Waals surface area (Å²) in [5.74, 6) is 1.19. The van der Waals surface area contributed by atoms with Crippen molar-refractivity contribution in [3.8, 4) is 0 Å². The van der Waals surface area contributed by atoms with Crippen molar-refractivity contribution >= 4 is 21.5 Å². The van der Waals surface area contributed by atoms with Crippen LogP contribution in [0, 0.1) is 5.92 Å². The van der Waals surface area contributed by atoms with Gasteiger partial charge < -0.3 is 5.32 Å². The van der Waals surface area contributed by atoms with Crippen LogP contribution in [-0.4, -0.2) is 31.4 Å². The second-order valence-electron chi connectivity index (χ2n) is 5.43. The lowest BCUT2D eigenvalue weighted by atomic mass is 10.2. The molecule has 1 saturated carbocycles. The second-order valence-corrected chi connectivity index (χ2v) is 7.11. The van der Waals surface area contributed by atoms with Crippen molar-refractivity contribution in [1.29, 1.82) is 0 Å². The van der Waals surface area contributed by atoms with Gasteiger partial charge in [-0.25, -0.2) is 18.1 Å². The van der Waals surface area contributed by atoms with E-state index in [1.807, 2.05) is 6.07 Å². The zero-order valence-corrected chi connectivity index (χ0v) is 12.9. The van der Waals surface area contributed by atoms with Crippen LogP contribution in [0.5, 0.6) is 0 Å². The molecule has 0 atom stereocenters. The van der Waals surface area contributed by atoms with Crippen molar-refractivity contribution in [2.24, 2.45) is 5.92 Å². The minimum absolute atomic E-state index is 0.173. The van der Waals surface area contributed by atoms with Gasteiger partial charge in [-0.2, -0.15) is 0 Å². The lowest BCUT2D eigenvalue weighted by Gasteiger charge is -2.08. The highest BCUT2D eigenvalue weighted by molar-refractivity contribution is 7.89.